The van der Waals surface area contributed by atoms with Crippen LogP contribution >= 0.6 is 0 Å². The maximum atomic E-state index is 12.9. The average molecular weight is 243 g/mol. The molecule has 0 aliphatic rings. The molecule has 0 aromatic heterocycles. The molecule has 0 heterocycles. The Balaban J connectivity index is 3.22. The summed E-state index contributed by atoms with van der Waals surface area (Å²) in [5, 5.41) is 0. The van der Waals surface area contributed by atoms with E-state index in [-0.39, 0.29) is 12.1 Å². The zero-order valence-electron chi connectivity index (χ0n) is 10.0. The molecule has 4 heteroatoms. The van der Waals surface area contributed by atoms with E-state index < -0.39 is 11.9 Å². The van der Waals surface area contributed by atoms with E-state index in [1.165, 1.54) is 6.07 Å². The number of hydrogen-bond acceptors (Lipinski definition) is 1. The SMILES string of the molecule is CCCN=C(c1ccccc1CC)C(F)(F)F. The average Bonchev–Trinajstić information content (AvgIpc) is 2.28. The first-order valence-electron chi connectivity index (χ1n) is 5.70. The van der Waals surface area contributed by atoms with Crippen LogP contribution in [0.5, 0.6) is 0 Å². The molecule has 1 aromatic rings. The Morgan fingerprint density at radius 3 is 2.35 bits per heavy atom. The summed E-state index contributed by atoms with van der Waals surface area (Å²) in [6.07, 6.45) is -3.22. The van der Waals surface area contributed by atoms with Crippen molar-refractivity contribution in [2.24, 2.45) is 4.99 Å². The normalized spacial score (nSPS) is 12.9. The lowest BCUT2D eigenvalue weighted by Crippen LogP contribution is -2.25. The number of aliphatic imine (C=N–C) groups is 1. The fourth-order valence-electron chi connectivity index (χ4n) is 1.61. The summed E-state index contributed by atoms with van der Waals surface area (Å²) in [6.45, 7) is 3.85. The Bertz CT molecular complexity index is 394. The molecule has 1 rings (SSSR count). The van der Waals surface area contributed by atoms with Crippen molar-refractivity contribution in [3.8, 4) is 0 Å². The second kappa shape index (κ2) is 5.84. The molecular formula is C13H16F3N. The fourth-order valence-corrected chi connectivity index (χ4v) is 1.61. The minimum atomic E-state index is -4.39. The van der Waals surface area contributed by atoms with Gasteiger partial charge in [-0.2, -0.15) is 13.2 Å². The number of alkyl halides is 3. The van der Waals surface area contributed by atoms with Crippen molar-refractivity contribution in [2.75, 3.05) is 6.54 Å². The van der Waals surface area contributed by atoms with E-state index in [0.717, 1.165) is 0 Å². The molecule has 0 saturated carbocycles. The van der Waals surface area contributed by atoms with E-state index in [1.54, 1.807) is 18.2 Å². The second-order valence-electron chi connectivity index (χ2n) is 3.74. The molecule has 0 spiro atoms. The molecule has 0 radical (unpaired) electrons. The molecule has 1 nitrogen and oxygen atoms in total. The smallest absolute Gasteiger partial charge is 0.280 e. The van der Waals surface area contributed by atoms with Crippen molar-refractivity contribution in [1.29, 1.82) is 0 Å². The van der Waals surface area contributed by atoms with E-state index >= 15 is 0 Å². The maximum Gasteiger partial charge on any atom is 0.433 e. The zero-order chi connectivity index (χ0) is 12.9. The molecule has 0 aliphatic carbocycles. The Morgan fingerprint density at radius 2 is 1.82 bits per heavy atom. The zero-order valence-corrected chi connectivity index (χ0v) is 10.0. The van der Waals surface area contributed by atoms with Crippen LogP contribution in [-0.4, -0.2) is 18.4 Å². The molecule has 0 bridgehead atoms. The van der Waals surface area contributed by atoms with Crippen LogP contribution in [0.2, 0.25) is 0 Å². The first kappa shape index (κ1) is 13.7. The fraction of sp³-hybridized carbons (Fsp3) is 0.462. The molecule has 1 aromatic carbocycles. The number of aryl methyl sites for hydroxylation is 1. The topological polar surface area (TPSA) is 12.4 Å². The van der Waals surface area contributed by atoms with Crippen LogP contribution in [0.25, 0.3) is 0 Å². The van der Waals surface area contributed by atoms with Crippen molar-refractivity contribution in [3.63, 3.8) is 0 Å². The van der Waals surface area contributed by atoms with Gasteiger partial charge in [-0.15, -0.1) is 0 Å². The van der Waals surface area contributed by atoms with Gasteiger partial charge < -0.3 is 0 Å². The minimum absolute atomic E-state index is 0.201. The standard InChI is InChI=1S/C13H16F3N/c1-3-9-17-12(13(14,15)16)11-8-6-5-7-10(11)4-2/h5-8H,3-4,9H2,1-2H3. The first-order chi connectivity index (χ1) is 8.00. The van der Waals surface area contributed by atoms with Gasteiger partial charge in [0.25, 0.3) is 0 Å². The van der Waals surface area contributed by atoms with Gasteiger partial charge in [0.1, 0.15) is 5.71 Å². The van der Waals surface area contributed by atoms with Crippen molar-refractivity contribution in [3.05, 3.63) is 35.4 Å². The summed E-state index contributed by atoms with van der Waals surface area (Å²) in [5.74, 6) is 0. The lowest BCUT2D eigenvalue weighted by atomic mass is 10.0. The highest BCUT2D eigenvalue weighted by molar-refractivity contribution is 6.05. The van der Waals surface area contributed by atoms with Gasteiger partial charge in [0.15, 0.2) is 0 Å². The third-order valence-corrected chi connectivity index (χ3v) is 2.42. The van der Waals surface area contributed by atoms with Gasteiger partial charge in [-0.25, -0.2) is 0 Å². The number of halogens is 3. The quantitative estimate of drug-likeness (QED) is 0.708. The molecule has 0 unspecified atom stereocenters. The number of benzene rings is 1. The van der Waals surface area contributed by atoms with E-state index in [1.807, 2.05) is 13.8 Å². The van der Waals surface area contributed by atoms with E-state index in [4.69, 9.17) is 0 Å². The molecule has 17 heavy (non-hydrogen) atoms. The predicted molar refractivity (Wildman–Crippen MR) is 63.6 cm³/mol. The van der Waals surface area contributed by atoms with Crippen molar-refractivity contribution in [2.45, 2.75) is 32.9 Å². The highest BCUT2D eigenvalue weighted by atomic mass is 19.4. The number of nitrogens with zero attached hydrogens (tertiary/aromatic N) is 1. The van der Waals surface area contributed by atoms with Gasteiger partial charge >= 0.3 is 6.18 Å². The second-order valence-corrected chi connectivity index (χ2v) is 3.74. The molecule has 0 N–H and O–H groups in total. The van der Waals surface area contributed by atoms with Crippen LogP contribution in [0, 0.1) is 0 Å². The van der Waals surface area contributed by atoms with Crippen LogP contribution < -0.4 is 0 Å². The predicted octanol–water partition coefficient (Wildman–Crippen LogP) is 4.01. The summed E-state index contributed by atoms with van der Waals surface area (Å²) in [7, 11) is 0. The Hall–Kier alpha value is -1.32. The number of hydrogen-bond donors (Lipinski definition) is 0. The molecule has 0 aliphatic heterocycles. The third kappa shape index (κ3) is 3.58. The van der Waals surface area contributed by atoms with Gasteiger partial charge in [0, 0.05) is 12.1 Å². The Kier molecular flexibility index (Phi) is 4.73. The molecule has 0 amide bonds. The van der Waals surface area contributed by atoms with Gasteiger partial charge in [-0.1, -0.05) is 38.1 Å². The van der Waals surface area contributed by atoms with Crippen molar-refractivity contribution in [1.82, 2.24) is 0 Å². The molecule has 0 fully saturated rings. The summed E-state index contributed by atoms with van der Waals surface area (Å²) in [6, 6.07) is 6.56. The monoisotopic (exact) mass is 243 g/mol. The summed E-state index contributed by atoms with van der Waals surface area (Å²) >= 11 is 0. The molecular weight excluding hydrogens is 227 g/mol. The van der Waals surface area contributed by atoms with Crippen molar-refractivity contribution >= 4 is 5.71 Å². The van der Waals surface area contributed by atoms with E-state index in [2.05, 4.69) is 4.99 Å². The van der Waals surface area contributed by atoms with Gasteiger partial charge in [0.2, 0.25) is 0 Å². The van der Waals surface area contributed by atoms with Crippen LogP contribution in [0.4, 0.5) is 13.2 Å². The van der Waals surface area contributed by atoms with Crippen LogP contribution in [0.3, 0.4) is 0 Å². The lowest BCUT2D eigenvalue weighted by Gasteiger charge is -2.14. The lowest BCUT2D eigenvalue weighted by molar-refractivity contribution is -0.0582. The third-order valence-electron chi connectivity index (χ3n) is 2.42. The largest absolute Gasteiger partial charge is 0.433 e. The highest BCUT2D eigenvalue weighted by Gasteiger charge is 2.37. The minimum Gasteiger partial charge on any atom is -0.280 e. The summed E-state index contributed by atoms with van der Waals surface area (Å²) in [5.41, 5.74) is 0.132. The first-order valence-corrected chi connectivity index (χ1v) is 5.70. The Labute approximate surface area is 99.4 Å². The van der Waals surface area contributed by atoms with Crippen LogP contribution in [-0.2, 0) is 6.42 Å². The number of rotatable bonds is 4. The van der Waals surface area contributed by atoms with Crippen LogP contribution in [0.1, 0.15) is 31.4 Å². The van der Waals surface area contributed by atoms with Gasteiger partial charge in [-0.05, 0) is 18.4 Å². The molecule has 0 saturated heterocycles. The van der Waals surface area contributed by atoms with Gasteiger partial charge in [-0.3, -0.25) is 4.99 Å². The highest BCUT2D eigenvalue weighted by Crippen LogP contribution is 2.25. The molecule has 0 atom stereocenters. The van der Waals surface area contributed by atoms with Crippen LogP contribution in [0.15, 0.2) is 29.3 Å². The van der Waals surface area contributed by atoms with Gasteiger partial charge in [0.05, 0.1) is 0 Å². The van der Waals surface area contributed by atoms with E-state index in [9.17, 15) is 13.2 Å². The van der Waals surface area contributed by atoms with E-state index in [0.29, 0.717) is 18.4 Å². The Morgan fingerprint density at radius 1 is 1.18 bits per heavy atom. The maximum absolute atomic E-state index is 12.9. The summed E-state index contributed by atoms with van der Waals surface area (Å²) in [4.78, 5) is 3.68. The van der Waals surface area contributed by atoms with Crippen molar-refractivity contribution < 1.29 is 13.2 Å². The molecule has 94 valence electrons. The summed E-state index contributed by atoms with van der Waals surface area (Å²) < 4.78 is 38.7.